The van der Waals surface area contributed by atoms with Crippen LogP contribution in [0.3, 0.4) is 0 Å². The first-order chi connectivity index (χ1) is 13.0. The lowest BCUT2D eigenvalue weighted by molar-refractivity contribution is 0.0730. The summed E-state index contributed by atoms with van der Waals surface area (Å²) in [6, 6.07) is 11.0. The molecule has 5 nitrogen and oxygen atoms in total. The van der Waals surface area contributed by atoms with Gasteiger partial charge in [0.1, 0.15) is 17.3 Å². The summed E-state index contributed by atoms with van der Waals surface area (Å²) in [6.07, 6.45) is 0. The topological polar surface area (TPSA) is 58.6 Å². The molecule has 0 bridgehead atoms. The van der Waals surface area contributed by atoms with Crippen LogP contribution in [0.4, 0.5) is 4.39 Å². The SMILES string of the molecule is C=C(Oc1ccc(F)c(C(=O)N2CCNCC2)c1)c1ccccc1C(C)=O. The highest BCUT2D eigenvalue weighted by Gasteiger charge is 2.22. The largest absolute Gasteiger partial charge is 0.457 e. The Balaban J connectivity index is 1.83. The van der Waals surface area contributed by atoms with Gasteiger partial charge in [-0.05, 0) is 25.1 Å². The number of Topliss-reactive ketones (excluding diaryl/α,β-unsaturated/α-hetero) is 1. The van der Waals surface area contributed by atoms with E-state index >= 15 is 0 Å². The summed E-state index contributed by atoms with van der Waals surface area (Å²) < 4.78 is 19.9. The first-order valence-corrected chi connectivity index (χ1v) is 8.74. The van der Waals surface area contributed by atoms with Crippen LogP contribution in [-0.4, -0.2) is 42.8 Å². The summed E-state index contributed by atoms with van der Waals surface area (Å²) >= 11 is 0. The van der Waals surface area contributed by atoms with Gasteiger partial charge in [-0.15, -0.1) is 0 Å². The van der Waals surface area contributed by atoms with Gasteiger partial charge in [0.15, 0.2) is 5.78 Å². The van der Waals surface area contributed by atoms with Crippen LogP contribution in [0.2, 0.25) is 0 Å². The van der Waals surface area contributed by atoms with Gasteiger partial charge in [0, 0.05) is 37.3 Å². The number of rotatable bonds is 5. The van der Waals surface area contributed by atoms with E-state index in [9.17, 15) is 14.0 Å². The third kappa shape index (κ3) is 4.23. The van der Waals surface area contributed by atoms with E-state index in [4.69, 9.17) is 4.74 Å². The summed E-state index contributed by atoms with van der Waals surface area (Å²) in [7, 11) is 0. The molecule has 0 radical (unpaired) electrons. The predicted molar refractivity (Wildman–Crippen MR) is 101 cm³/mol. The van der Waals surface area contributed by atoms with Gasteiger partial charge in [-0.25, -0.2) is 4.39 Å². The number of nitrogens with zero attached hydrogens (tertiary/aromatic N) is 1. The van der Waals surface area contributed by atoms with E-state index in [-0.39, 0.29) is 23.0 Å². The van der Waals surface area contributed by atoms with Crippen molar-refractivity contribution in [3.05, 3.63) is 71.6 Å². The van der Waals surface area contributed by atoms with Crippen LogP contribution >= 0.6 is 0 Å². The van der Waals surface area contributed by atoms with E-state index in [1.807, 2.05) is 0 Å². The zero-order chi connectivity index (χ0) is 19.4. The van der Waals surface area contributed by atoms with Gasteiger partial charge in [-0.2, -0.15) is 0 Å². The van der Waals surface area contributed by atoms with Crippen molar-refractivity contribution in [2.75, 3.05) is 26.2 Å². The number of hydrogen-bond donors (Lipinski definition) is 1. The zero-order valence-electron chi connectivity index (χ0n) is 15.1. The molecule has 1 fully saturated rings. The Morgan fingerprint density at radius 3 is 2.41 bits per heavy atom. The van der Waals surface area contributed by atoms with Crippen LogP contribution < -0.4 is 10.1 Å². The Labute approximate surface area is 157 Å². The molecule has 1 aliphatic heterocycles. The van der Waals surface area contributed by atoms with E-state index in [1.54, 1.807) is 29.2 Å². The molecule has 6 heteroatoms. The van der Waals surface area contributed by atoms with Crippen LogP contribution in [-0.2, 0) is 0 Å². The number of ether oxygens (including phenoxy) is 1. The number of carbonyl (C=O) groups is 2. The summed E-state index contributed by atoms with van der Waals surface area (Å²) in [5, 5.41) is 3.15. The molecule has 0 aromatic heterocycles. The van der Waals surface area contributed by atoms with Gasteiger partial charge < -0.3 is 15.0 Å². The molecular formula is C21H21FN2O3. The predicted octanol–water partition coefficient (Wildman–Crippen LogP) is 3.12. The minimum atomic E-state index is -0.597. The smallest absolute Gasteiger partial charge is 0.257 e. The molecule has 2 aromatic rings. The molecular weight excluding hydrogens is 347 g/mol. The van der Waals surface area contributed by atoms with Gasteiger partial charge in [-0.3, -0.25) is 9.59 Å². The monoisotopic (exact) mass is 368 g/mol. The number of benzene rings is 2. The second-order valence-electron chi connectivity index (χ2n) is 6.31. The third-order valence-corrected chi connectivity index (χ3v) is 4.42. The van der Waals surface area contributed by atoms with Crippen molar-refractivity contribution in [2.24, 2.45) is 0 Å². The zero-order valence-corrected chi connectivity index (χ0v) is 15.1. The number of ketones is 1. The highest BCUT2D eigenvalue weighted by atomic mass is 19.1. The molecule has 140 valence electrons. The fourth-order valence-corrected chi connectivity index (χ4v) is 3.00. The van der Waals surface area contributed by atoms with E-state index in [2.05, 4.69) is 11.9 Å². The summed E-state index contributed by atoms with van der Waals surface area (Å²) in [5.74, 6) is -0.523. The van der Waals surface area contributed by atoms with Crippen molar-refractivity contribution in [3.63, 3.8) is 0 Å². The van der Waals surface area contributed by atoms with E-state index in [0.717, 1.165) is 0 Å². The van der Waals surface area contributed by atoms with Crippen LogP contribution in [0.1, 0.15) is 33.2 Å². The fourth-order valence-electron chi connectivity index (χ4n) is 3.00. The molecule has 1 amide bonds. The highest BCUT2D eigenvalue weighted by Crippen LogP contribution is 2.25. The van der Waals surface area contributed by atoms with Gasteiger partial charge in [0.25, 0.3) is 5.91 Å². The summed E-state index contributed by atoms with van der Waals surface area (Å²) in [6.45, 7) is 7.77. The van der Waals surface area contributed by atoms with Crippen molar-refractivity contribution in [1.82, 2.24) is 10.2 Å². The van der Waals surface area contributed by atoms with Crippen molar-refractivity contribution in [2.45, 2.75) is 6.92 Å². The lowest BCUT2D eigenvalue weighted by Gasteiger charge is -2.27. The number of halogens is 1. The van der Waals surface area contributed by atoms with Gasteiger partial charge in [-0.1, -0.05) is 30.8 Å². The van der Waals surface area contributed by atoms with Gasteiger partial charge >= 0.3 is 0 Å². The van der Waals surface area contributed by atoms with Crippen LogP contribution in [0.25, 0.3) is 5.76 Å². The Kier molecular flexibility index (Phi) is 5.66. The maximum Gasteiger partial charge on any atom is 0.257 e. The van der Waals surface area contributed by atoms with Crippen molar-refractivity contribution in [1.29, 1.82) is 0 Å². The lowest BCUT2D eigenvalue weighted by atomic mass is 10.0. The first-order valence-electron chi connectivity index (χ1n) is 8.74. The molecule has 0 unspecified atom stereocenters. The molecule has 0 saturated carbocycles. The van der Waals surface area contributed by atoms with Crippen LogP contribution in [0, 0.1) is 5.82 Å². The quantitative estimate of drug-likeness (QED) is 0.651. The van der Waals surface area contributed by atoms with E-state index in [1.165, 1.54) is 25.1 Å². The molecule has 1 heterocycles. The standard InChI is InChI=1S/C21H21FN2O3/c1-14(25)17-5-3-4-6-18(17)15(2)27-16-7-8-20(22)19(13-16)21(26)24-11-9-23-10-12-24/h3-8,13,23H,2,9-12H2,1H3. The average molecular weight is 368 g/mol. The molecule has 0 spiro atoms. The number of hydrogen-bond acceptors (Lipinski definition) is 4. The molecule has 2 aromatic carbocycles. The normalized spacial score (nSPS) is 13.9. The molecule has 3 rings (SSSR count). The molecule has 1 N–H and O–H groups in total. The number of amides is 1. The number of carbonyl (C=O) groups excluding carboxylic acids is 2. The van der Waals surface area contributed by atoms with Crippen LogP contribution in [0.15, 0.2) is 49.0 Å². The van der Waals surface area contributed by atoms with Gasteiger partial charge in [0.05, 0.1) is 5.56 Å². The van der Waals surface area contributed by atoms with Crippen LogP contribution in [0.5, 0.6) is 5.75 Å². The number of piperazine rings is 1. The number of nitrogens with one attached hydrogen (secondary N) is 1. The third-order valence-electron chi connectivity index (χ3n) is 4.42. The Morgan fingerprint density at radius 1 is 1.07 bits per heavy atom. The minimum Gasteiger partial charge on any atom is -0.457 e. The van der Waals surface area contributed by atoms with Crippen molar-refractivity contribution < 1.29 is 18.7 Å². The van der Waals surface area contributed by atoms with Crippen molar-refractivity contribution >= 4 is 17.4 Å². The van der Waals surface area contributed by atoms with Crippen molar-refractivity contribution in [3.8, 4) is 5.75 Å². The summed E-state index contributed by atoms with van der Waals surface area (Å²) in [5.41, 5.74) is 1.01. The molecule has 0 aliphatic carbocycles. The maximum atomic E-state index is 14.2. The van der Waals surface area contributed by atoms with E-state index < -0.39 is 5.82 Å². The van der Waals surface area contributed by atoms with E-state index in [0.29, 0.717) is 43.1 Å². The fraction of sp³-hybridized carbons (Fsp3) is 0.238. The maximum absolute atomic E-state index is 14.2. The lowest BCUT2D eigenvalue weighted by Crippen LogP contribution is -2.46. The molecule has 0 atom stereocenters. The molecule has 1 saturated heterocycles. The highest BCUT2D eigenvalue weighted by molar-refractivity contribution is 5.98. The average Bonchev–Trinajstić information content (AvgIpc) is 2.69. The Hall–Kier alpha value is -2.99. The molecule has 27 heavy (non-hydrogen) atoms. The summed E-state index contributed by atoms with van der Waals surface area (Å²) in [4.78, 5) is 26.0. The molecule has 1 aliphatic rings. The Morgan fingerprint density at radius 2 is 1.74 bits per heavy atom. The second kappa shape index (κ2) is 8.14. The minimum absolute atomic E-state index is 0.0398. The second-order valence-corrected chi connectivity index (χ2v) is 6.31. The first kappa shape index (κ1) is 18.8. The van der Waals surface area contributed by atoms with Gasteiger partial charge in [0.2, 0.25) is 0 Å². The Bertz CT molecular complexity index is 889.